The highest BCUT2D eigenvalue weighted by atomic mass is 19.4. The summed E-state index contributed by atoms with van der Waals surface area (Å²) in [6, 6.07) is 7.98. The average molecular weight is 370 g/mol. The lowest BCUT2D eigenvalue weighted by Crippen LogP contribution is -2.45. The van der Waals surface area contributed by atoms with E-state index in [2.05, 4.69) is 15.6 Å². The first-order valence-electron chi connectivity index (χ1n) is 8.28. The molecule has 0 radical (unpaired) electrons. The molecular weight excluding hydrogens is 352 g/mol. The van der Waals surface area contributed by atoms with Gasteiger partial charge in [-0.3, -0.25) is 4.79 Å². The van der Waals surface area contributed by atoms with Gasteiger partial charge >= 0.3 is 6.18 Å². The highest BCUT2D eigenvalue weighted by Gasteiger charge is 2.46. The number of benzene rings is 1. The summed E-state index contributed by atoms with van der Waals surface area (Å²) >= 11 is 0. The van der Waals surface area contributed by atoms with Crippen molar-refractivity contribution in [3.8, 4) is 0 Å². The first-order valence-corrected chi connectivity index (χ1v) is 8.28. The first-order chi connectivity index (χ1) is 12.4. The topological polar surface area (TPSA) is 56.7 Å². The van der Waals surface area contributed by atoms with E-state index in [0.29, 0.717) is 18.5 Å². The van der Waals surface area contributed by atoms with Crippen LogP contribution in [-0.2, 0) is 4.79 Å². The van der Waals surface area contributed by atoms with Gasteiger partial charge in [0.05, 0.1) is 5.57 Å². The van der Waals surface area contributed by atoms with Crippen molar-refractivity contribution in [1.29, 1.82) is 0 Å². The predicted molar refractivity (Wildman–Crippen MR) is 88.8 cm³/mol. The van der Waals surface area contributed by atoms with Crippen LogP contribution in [0.3, 0.4) is 0 Å². The molecule has 1 aliphatic heterocycles. The van der Waals surface area contributed by atoms with Gasteiger partial charge in [0, 0.05) is 17.9 Å². The zero-order valence-electron chi connectivity index (χ0n) is 13.8. The van der Waals surface area contributed by atoms with E-state index < -0.39 is 34.8 Å². The molecule has 1 unspecified atom stereocenters. The average Bonchev–Trinajstić information content (AvgIpc) is 3.09. The molecule has 5 nitrogen and oxygen atoms in total. The maximum absolute atomic E-state index is 14.5. The number of rotatable bonds is 4. The third-order valence-corrected chi connectivity index (χ3v) is 4.30. The molecule has 1 heterocycles. The number of alkyl halides is 3. The molecule has 0 bridgehead atoms. The standard InChI is InChI=1S/C17H18F4N4O/c18-17(19,20)14-13(15(26)23-11-8-4-5-9-11)10-22-16(25(14)21)24-12-6-2-1-3-7-12/h1-3,6-7,10-11,16,24H,4-5,8-9H2,(H,23,26). The van der Waals surface area contributed by atoms with Crippen LogP contribution in [-0.4, -0.2) is 35.8 Å². The predicted octanol–water partition coefficient (Wildman–Crippen LogP) is 3.53. The summed E-state index contributed by atoms with van der Waals surface area (Å²) in [5, 5.41) is 4.54. The van der Waals surface area contributed by atoms with Crippen molar-refractivity contribution in [1.82, 2.24) is 10.4 Å². The van der Waals surface area contributed by atoms with Gasteiger partial charge in [-0.15, -0.1) is 0 Å². The first kappa shape index (κ1) is 18.2. The van der Waals surface area contributed by atoms with E-state index in [-0.39, 0.29) is 6.04 Å². The Kier molecular flexibility index (Phi) is 5.15. The normalized spacial score (nSPS) is 21.2. The number of nitrogens with zero attached hydrogens (tertiary/aromatic N) is 2. The summed E-state index contributed by atoms with van der Waals surface area (Å²) in [6.45, 7) is 0. The Bertz CT molecular complexity index is 711. The Balaban J connectivity index is 1.83. The minimum atomic E-state index is -5.04. The van der Waals surface area contributed by atoms with Crippen molar-refractivity contribution in [2.75, 3.05) is 5.32 Å². The molecule has 1 atom stereocenters. The van der Waals surface area contributed by atoms with Crippen molar-refractivity contribution in [3.63, 3.8) is 0 Å². The van der Waals surface area contributed by atoms with E-state index in [0.717, 1.165) is 19.1 Å². The lowest BCUT2D eigenvalue weighted by atomic mass is 10.1. The summed E-state index contributed by atoms with van der Waals surface area (Å²) in [5.41, 5.74) is -2.08. The fourth-order valence-electron chi connectivity index (χ4n) is 3.05. The Labute approximate surface area is 147 Å². The summed E-state index contributed by atoms with van der Waals surface area (Å²) in [7, 11) is 0. The molecule has 1 aromatic rings. The van der Waals surface area contributed by atoms with Crippen LogP contribution in [0.1, 0.15) is 25.7 Å². The number of para-hydroxylation sites is 1. The van der Waals surface area contributed by atoms with Crippen LogP contribution in [0.25, 0.3) is 0 Å². The van der Waals surface area contributed by atoms with Gasteiger partial charge in [0.2, 0.25) is 6.29 Å². The summed E-state index contributed by atoms with van der Waals surface area (Å²) in [4.78, 5) is 16.0. The van der Waals surface area contributed by atoms with Gasteiger partial charge < -0.3 is 10.6 Å². The molecule has 0 spiro atoms. The summed E-state index contributed by atoms with van der Waals surface area (Å²) in [5.74, 6) is -0.964. The lowest BCUT2D eigenvalue weighted by Gasteiger charge is -2.30. The number of carbonyl (C=O) groups is 1. The molecule has 1 saturated carbocycles. The Morgan fingerprint density at radius 3 is 2.42 bits per heavy atom. The molecule has 0 aromatic heterocycles. The van der Waals surface area contributed by atoms with Crippen LogP contribution in [0.4, 0.5) is 23.3 Å². The number of aliphatic imine (C=N–C) groups is 1. The van der Waals surface area contributed by atoms with Crippen LogP contribution >= 0.6 is 0 Å². The molecule has 9 heteroatoms. The van der Waals surface area contributed by atoms with Gasteiger partial charge in [0.25, 0.3) is 5.91 Å². The number of anilines is 1. The molecule has 1 amide bonds. The third-order valence-electron chi connectivity index (χ3n) is 4.30. The Morgan fingerprint density at radius 2 is 1.81 bits per heavy atom. The van der Waals surface area contributed by atoms with Crippen molar-refractivity contribution >= 4 is 17.8 Å². The second-order valence-corrected chi connectivity index (χ2v) is 6.19. The number of carbonyl (C=O) groups excluding carboxylic acids is 1. The molecule has 3 rings (SSSR count). The van der Waals surface area contributed by atoms with E-state index in [9.17, 15) is 22.4 Å². The second-order valence-electron chi connectivity index (χ2n) is 6.19. The van der Waals surface area contributed by atoms with Crippen molar-refractivity contribution in [2.24, 2.45) is 4.99 Å². The summed E-state index contributed by atoms with van der Waals surface area (Å²) < 4.78 is 54.8. The van der Waals surface area contributed by atoms with Crippen LogP contribution < -0.4 is 10.6 Å². The van der Waals surface area contributed by atoms with Gasteiger partial charge in [-0.05, 0) is 25.0 Å². The monoisotopic (exact) mass is 370 g/mol. The highest BCUT2D eigenvalue weighted by Crippen LogP contribution is 2.35. The number of halogens is 4. The molecule has 26 heavy (non-hydrogen) atoms. The van der Waals surface area contributed by atoms with Crippen LogP contribution in [0.15, 0.2) is 46.6 Å². The maximum Gasteiger partial charge on any atom is 0.434 e. The van der Waals surface area contributed by atoms with E-state index in [1.807, 2.05) is 0 Å². The minimum absolute atomic E-state index is 0.189. The van der Waals surface area contributed by atoms with Gasteiger partial charge in [0.1, 0.15) is 0 Å². The smallest absolute Gasteiger partial charge is 0.349 e. The van der Waals surface area contributed by atoms with Crippen molar-refractivity contribution in [3.05, 3.63) is 41.6 Å². The second kappa shape index (κ2) is 7.35. The molecule has 1 fully saturated rings. The molecule has 140 valence electrons. The Hall–Kier alpha value is -2.58. The molecule has 2 N–H and O–H groups in total. The van der Waals surface area contributed by atoms with E-state index in [1.54, 1.807) is 30.3 Å². The molecule has 0 saturated heterocycles. The maximum atomic E-state index is 14.5. The molecule has 1 aliphatic carbocycles. The third kappa shape index (κ3) is 3.97. The van der Waals surface area contributed by atoms with Gasteiger partial charge in [0.15, 0.2) is 5.70 Å². The zero-order chi connectivity index (χ0) is 18.7. The van der Waals surface area contributed by atoms with Crippen LogP contribution in [0.2, 0.25) is 0 Å². The minimum Gasteiger partial charge on any atom is -0.349 e. The van der Waals surface area contributed by atoms with E-state index in [4.69, 9.17) is 0 Å². The number of nitrogens with one attached hydrogen (secondary N) is 2. The van der Waals surface area contributed by atoms with Gasteiger partial charge in [-0.25, -0.2) is 4.99 Å². The molecule has 1 aromatic carbocycles. The number of allylic oxidation sites excluding steroid dienone is 1. The Morgan fingerprint density at radius 1 is 1.15 bits per heavy atom. The highest BCUT2D eigenvalue weighted by molar-refractivity contribution is 6.13. The van der Waals surface area contributed by atoms with E-state index >= 15 is 0 Å². The fourth-order valence-corrected chi connectivity index (χ4v) is 3.05. The van der Waals surface area contributed by atoms with Crippen LogP contribution in [0, 0.1) is 0 Å². The fraction of sp³-hybridized carbons (Fsp3) is 0.412. The zero-order valence-corrected chi connectivity index (χ0v) is 13.8. The van der Waals surface area contributed by atoms with Gasteiger partial charge in [-0.2, -0.15) is 18.3 Å². The lowest BCUT2D eigenvalue weighted by molar-refractivity contribution is -0.145. The largest absolute Gasteiger partial charge is 0.434 e. The van der Waals surface area contributed by atoms with Crippen LogP contribution in [0.5, 0.6) is 0 Å². The van der Waals surface area contributed by atoms with Gasteiger partial charge in [-0.1, -0.05) is 35.5 Å². The molecule has 2 aliphatic rings. The SMILES string of the molecule is O=C(NC1CCCC1)C1=C(C(F)(F)F)N(F)C(Nc2ccccc2)N=C1. The number of hydrogen-bond donors (Lipinski definition) is 2. The molecular formula is C17H18F4N4O. The number of amides is 1. The van der Waals surface area contributed by atoms with Crippen molar-refractivity contribution < 1.29 is 22.4 Å². The number of hydrogen-bond acceptors (Lipinski definition) is 4. The quantitative estimate of drug-likeness (QED) is 0.630. The summed E-state index contributed by atoms with van der Waals surface area (Å²) in [6.07, 6.45) is -2.66. The van der Waals surface area contributed by atoms with E-state index in [1.165, 1.54) is 0 Å². The van der Waals surface area contributed by atoms with Crippen molar-refractivity contribution in [2.45, 2.75) is 44.2 Å².